The van der Waals surface area contributed by atoms with E-state index in [2.05, 4.69) is 19.9 Å². The minimum Gasteiger partial charge on any atom is -0.384 e. The Hall–Kier alpha value is -2.86. The zero-order chi connectivity index (χ0) is 16.0. The number of fused-ring (bicyclic) bond motifs is 2. The van der Waals surface area contributed by atoms with Gasteiger partial charge < -0.3 is 15.7 Å². The fourth-order valence-electron chi connectivity index (χ4n) is 2.62. The summed E-state index contributed by atoms with van der Waals surface area (Å²) in [7, 11) is 0. The summed E-state index contributed by atoms with van der Waals surface area (Å²) in [4.78, 5) is 15.6. The Balaban J connectivity index is 1.72. The van der Waals surface area contributed by atoms with Gasteiger partial charge in [0, 0.05) is 5.56 Å². The number of amidine groups is 1. The molecule has 0 radical (unpaired) electrons. The lowest BCUT2D eigenvalue weighted by atomic mass is 10.2. The molecule has 0 aliphatic rings. The molecule has 0 saturated heterocycles. The largest absolute Gasteiger partial charge is 0.384 e. The highest BCUT2D eigenvalue weighted by atomic mass is 35.5. The number of imidazole rings is 2. The van der Waals surface area contributed by atoms with E-state index >= 15 is 0 Å². The van der Waals surface area contributed by atoms with E-state index < -0.39 is 0 Å². The van der Waals surface area contributed by atoms with Gasteiger partial charge in [-0.2, -0.15) is 0 Å². The van der Waals surface area contributed by atoms with Crippen LogP contribution in [0.25, 0.3) is 22.1 Å². The van der Waals surface area contributed by atoms with Gasteiger partial charge in [0.15, 0.2) is 0 Å². The molecule has 4 aromatic rings. The lowest BCUT2D eigenvalue weighted by Crippen LogP contribution is -2.11. The zero-order valence-electron chi connectivity index (χ0n) is 12.0. The second-order valence-corrected chi connectivity index (χ2v) is 5.73. The molecule has 0 bridgehead atoms. The highest BCUT2D eigenvalue weighted by molar-refractivity contribution is 6.34. The van der Waals surface area contributed by atoms with Crippen LogP contribution in [0.15, 0.2) is 36.4 Å². The van der Waals surface area contributed by atoms with E-state index in [0.717, 1.165) is 33.7 Å². The Labute approximate surface area is 136 Å². The topological polar surface area (TPSA) is 107 Å². The first-order chi connectivity index (χ1) is 11.1. The standard InChI is InChI=1S/C16H13ClN6/c17-9-6-13-12(5-8(9)16(18)19)22-15(23-13)7-14-20-10-3-1-2-4-11(10)21-14/h1-6H,7H2,(H3,18,19)(H,20,21)(H,22,23). The zero-order valence-corrected chi connectivity index (χ0v) is 12.8. The molecule has 2 heterocycles. The van der Waals surface area contributed by atoms with Crippen LogP contribution >= 0.6 is 11.6 Å². The molecule has 0 aliphatic heterocycles. The monoisotopic (exact) mass is 324 g/mol. The van der Waals surface area contributed by atoms with E-state index in [1.165, 1.54) is 0 Å². The molecule has 0 atom stereocenters. The molecule has 5 N–H and O–H groups in total. The number of nitrogens with two attached hydrogens (primary N) is 1. The molecule has 7 heteroatoms. The van der Waals surface area contributed by atoms with E-state index in [4.69, 9.17) is 22.7 Å². The van der Waals surface area contributed by atoms with Gasteiger partial charge in [0.2, 0.25) is 0 Å². The van der Waals surface area contributed by atoms with Crippen molar-refractivity contribution in [2.24, 2.45) is 5.73 Å². The van der Waals surface area contributed by atoms with Crippen LogP contribution in [0, 0.1) is 5.41 Å². The lowest BCUT2D eigenvalue weighted by Gasteiger charge is -2.00. The van der Waals surface area contributed by atoms with Crippen LogP contribution in [0.2, 0.25) is 5.02 Å². The summed E-state index contributed by atoms with van der Waals surface area (Å²) in [5.74, 6) is 1.54. The maximum Gasteiger partial charge on any atom is 0.124 e. The van der Waals surface area contributed by atoms with Crippen molar-refractivity contribution >= 4 is 39.5 Å². The van der Waals surface area contributed by atoms with Gasteiger partial charge in [-0.25, -0.2) is 9.97 Å². The Kier molecular flexibility index (Phi) is 3.06. The number of hydrogen-bond donors (Lipinski definition) is 4. The third-order valence-corrected chi connectivity index (χ3v) is 4.00. The van der Waals surface area contributed by atoms with Crippen molar-refractivity contribution in [3.05, 3.63) is 58.6 Å². The number of aromatic nitrogens is 4. The number of halogens is 1. The molecule has 0 aliphatic carbocycles. The molecule has 0 saturated carbocycles. The fourth-order valence-corrected chi connectivity index (χ4v) is 2.89. The minimum absolute atomic E-state index is 0.0706. The van der Waals surface area contributed by atoms with Gasteiger partial charge in [-0.1, -0.05) is 23.7 Å². The Morgan fingerprint density at radius 1 is 1.04 bits per heavy atom. The summed E-state index contributed by atoms with van der Waals surface area (Å²) >= 11 is 6.13. The van der Waals surface area contributed by atoms with E-state index in [-0.39, 0.29) is 5.84 Å². The Morgan fingerprint density at radius 2 is 1.74 bits per heavy atom. The third-order valence-electron chi connectivity index (χ3n) is 3.68. The van der Waals surface area contributed by atoms with Crippen LogP contribution in [0.1, 0.15) is 17.2 Å². The smallest absolute Gasteiger partial charge is 0.124 e. The van der Waals surface area contributed by atoms with E-state index in [1.54, 1.807) is 12.1 Å². The predicted octanol–water partition coefficient (Wildman–Crippen LogP) is 2.97. The SMILES string of the molecule is N=C(N)c1cc2nc(Cc3nc4ccccc4[nH]3)[nH]c2cc1Cl. The van der Waals surface area contributed by atoms with E-state index in [9.17, 15) is 0 Å². The van der Waals surface area contributed by atoms with Gasteiger partial charge in [-0.3, -0.25) is 5.41 Å². The summed E-state index contributed by atoms with van der Waals surface area (Å²) < 4.78 is 0. The van der Waals surface area contributed by atoms with Crippen molar-refractivity contribution in [3.8, 4) is 0 Å². The quantitative estimate of drug-likeness (QED) is 0.343. The van der Waals surface area contributed by atoms with Gasteiger partial charge in [0.1, 0.15) is 17.5 Å². The molecule has 2 aromatic carbocycles. The average molecular weight is 325 g/mol. The van der Waals surface area contributed by atoms with Gasteiger partial charge in [-0.15, -0.1) is 0 Å². The number of hydrogen-bond acceptors (Lipinski definition) is 3. The van der Waals surface area contributed by atoms with Gasteiger partial charge in [0.05, 0.1) is 33.5 Å². The number of nitrogen functional groups attached to an aromatic ring is 1. The summed E-state index contributed by atoms with van der Waals surface area (Å²) in [6, 6.07) is 11.3. The highest BCUT2D eigenvalue weighted by Crippen LogP contribution is 2.23. The first-order valence-corrected chi connectivity index (χ1v) is 7.44. The molecule has 114 valence electrons. The molecule has 0 fully saturated rings. The van der Waals surface area contributed by atoms with Crippen LogP contribution in [0.3, 0.4) is 0 Å². The number of nitrogens with zero attached hydrogens (tertiary/aromatic N) is 2. The molecule has 4 rings (SSSR count). The molecule has 6 nitrogen and oxygen atoms in total. The van der Waals surface area contributed by atoms with Gasteiger partial charge in [0.25, 0.3) is 0 Å². The molecule has 0 amide bonds. The molecular weight excluding hydrogens is 312 g/mol. The van der Waals surface area contributed by atoms with Crippen LogP contribution in [0.5, 0.6) is 0 Å². The Bertz CT molecular complexity index is 1010. The second-order valence-electron chi connectivity index (χ2n) is 5.32. The average Bonchev–Trinajstić information content (AvgIpc) is 3.08. The Morgan fingerprint density at radius 3 is 2.48 bits per heavy atom. The van der Waals surface area contributed by atoms with Crippen LogP contribution in [-0.2, 0) is 6.42 Å². The third kappa shape index (κ3) is 2.43. The van der Waals surface area contributed by atoms with E-state index in [1.807, 2.05) is 24.3 Å². The molecular formula is C16H13ClN6. The summed E-state index contributed by atoms with van der Waals surface area (Å²) in [5, 5.41) is 7.97. The van der Waals surface area contributed by atoms with Crippen molar-refractivity contribution in [1.82, 2.24) is 19.9 Å². The molecule has 2 aromatic heterocycles. The number of benzene rings is 2. The van der Waals surface area contributed by atoms with Crippen LogP contribution in [-0.4, -0.2) is 25.8 Å². The predicted molar refractivity (Wildman–Crippen MR) is 91.0 cm³/mol. The van der Waals surface area contributed by atoms with Gasteiger partial charge in [-0.05, 0) is 24.3 Å². The van der Waals surface area contributed by atoms with Crippen molar-refractivity contribution in [3.63, 3.8) is 0 Å². The number of nitrogens with one attached hydrogen (secondary N) is 3. The first kappa shape index (κ1) is 13.8. The molecule has 23 heavy (non-hydrogen) atoms. The van der Waals surface area contributed by atoms with Crippen LogP contribution < -0.4 is 5.73 Å². The lowest BCUT2D eigenvalue weighted by molar-refractivity contribution is 0.960. The first-order valence-electron chi connectivity index (χ1n) is 7.06. The minimum atomic E-state index is -0.0706. The summed E-state index contributed by atoms with van der Waals surface area (Å²) in [6.45, 7) is 0. The normalized spacial score (nSPS) is 11.3. The number of H-pyrrole nitrogens is 2. The fraction of sp³-hybridized carbons (Fsp3) is 0.0625. The number of aromatic amines is 2. The van der Waals surface area contributed by atoms with Crippen molar-refractivity contribution in [1.29, 1.82) is 5.41 Å². The van der Waals surface area contributed by atoms with Crippen molar-refractivity contribution in [2.45, 2.75) is 6.42 Å². The molecule has 0 unspecified atom stereocenters. The second kappa shape index (κ2) is 5.10. The maximum atomic E-state index is 7.54. The number of rotatable bonds is 3. The van der Waals surface area contributed by atoms with Crippen molar-refractivity contribution in [2.75, 3.05) is 0 Å². The summed E-state index contributed by atoms with van der Waals surface area (Å²) in [5.41, 5.74) is 9.48. The number of para-hydroxylation sites is 2. The van der Waals surface area contributed by atoms with E-state index in [0.29, 0.717) is 17.0 Å². The summed E-state index contributed by atoms with van der Waals surface area (Å²) in [6.07, 6.45) is 0.552. The van der Waals surface area contributed by atoms with Crippen molar-refractivity contribution < 1.29 is 0 Å². The highest BCUT2D eigenvalue weighted by Gasteiger charge is 2.11. The maximum absolute atomic E-state index is 7.54. The van der Waals surface area contributed by atoms with Gasteiger partial charge >= 0.3 is 0 Å². The molecule has 0 spiro atoms. The van der Waals surface area contributed by atoms with Crippen LogP contribution in [0.4, 0.5) is 0 Å².